The number of rotatable bonds is 1. The normalized spacial score (nSPS) is 18.1. The Morgan fingerprint density at radius 1 is 1.24 bits per heavy atom. The Hall–Kier alpha value is -0.900. The lowest BCUT2D eigenvalue weighted by atomic mass is 10.2. The van der Waals surface area contributed by atoms with Crippen LogP contribution in [0.4, 0.5) is 5.69 Å². The molecule has 3 rings (SSSR count). The van der Waals surface area contributed by atoms with E-state index in [1.807, 2.05) is 30.3 Å². The minimum Gasteiger partial charge on any atom is -0.481 e. The Balaban J connectivity index is 1.88. The summed E-state index contributed by atoms with van der Waals surface area (Å²) in [5.74, 6) is 0.829. The summed E-state index contributed by atoms with van der Waals surface area (Å²) >= 11 is 13.4. The molecule has 0 radical (unpaired) electrons. The van der Waals surface area contributed by atoms with Crippen molar-refractivity contribution >= 4 is 40.2 Å². The van der Waals surface area contributed by atoms with E-state index < -0.39 is 0 Å². The second-order valence-electron chi connectivity index (χ2n) is 3.77. The number of nitrogens with one attached hydrogen (secondary N) is 1. The van der Waals surface area contributed by atoms with Gasteiger partial charge in [0.1, 0.15) is 5.75 Å². The van der Waals surface area contributed by atoms with Crippen LogP contribution < -0.4 is 10.1 Å². The molecule has 2 aromatic rings. The fourth-order valence-corrected chi connectivity index (χ4v) is 3.06. The molecule has 1 N–H and O–H groups in total. The molecule has 0 bridgehead atoms. The molecule has 88 valence electrons. The number of anilines is 1. The highest BCUT2D eigenvalue weighted by Gasteiger charge is 2.22. The Morgan fingerprint density at radius 3 is 2.88 bits per heavy atom. The van der Waals surface area contributed by atoms with Crippen LogP contribution in [-0.4, -0.2) is 6.54 Å². The molecule has 2 nitrogen and oxygen atoms in total. The molecule has 0 aliphatic carbocycles. The molecule has 1 aliphatic rings. The van der Waals surface area contributed by atoms with Crippen LogP contribution in [0.3, 0.4) is 0 Å². The van der Waals surface area contributed by atoms with E-state index in [2.05, 4.69) is 5.32 Å². The average molecular weight is 286 g/mol. The molecule has 0 amide bonds. The van der Waals surface area contributed by atoms with Gasteiger partial charge in [0.25, 0.3) is 0 Å². The Kier molecular flexibility index (Phi) is 2.90. The largest absolute Gasteiger partial charge is 0.481 e. The lowest BCUT2D eigenvalue weighted by Crippen LogP contribution is -2.22. The number of ether oxygens (including phenoxy) is 1. The second-order valence-corrected chi connectivity index (χ2v) is 5.95. The Bertz CT molecular complexity index is 555. The van der Waals surface area contributed by atoms with E-state index in [1.165, 1.54) is 0 Å². The van der Waals surface area contributed by atoms with Crippen LogP contribution in [0.2, 0.25) is 9.36 Å². The molecule has 1 unspecified atom stereocenters. The molecule has 1 atom stereocenters. The minimum atomic E-state index is 0.0150. The van der Waals surface area contributed by atoms with Crippen molar-refractivity contribution in [2.24, 2.45) is 0 Å². The molecular formula is C12H9Cl2NOS. The lowest BCUT2D eigenvalue weighted by Gasteiger charge is -2.26. The highest BCUT2D eigenvalue weighted by molar-refractivity contribution is 7.16. The highest BCUT2D eigenvalue weighted by atomic mass is 35.5. The van der Waals surface area contributed by atoms with E-state index in [9.17, 15) is 0 Å². The monoisotopic (exact) mass is 285 g/mol. The van der Waals surface area contributed by atoms with Crippen molar-refractivity contribution in [3.8, 4) is 5.75 Å². The van der Waals surface area contributed by atoms with E-state index >= 15 is 0 Å². The summed E-state index contributed by atoms with van der Waals surface area (Å²) in [6.07, 6.45) is 0.0150. The van der Waals surface area contributed by atoms with Crippen molar-refractivity contribution < 1.29 is 4.74 Å². The topological polar surface area (TPSA) is 21.3 Å². The van der Waals surface area contributed by atoms with Crippen LogP contribution in [0.25, 0.3) is 0 Å². The molecular weight excluding hydrogens is 277 g/mol. The summed E-state index contributed by atoms with van der Waals surface area (Å²) in [5.41, 5.74) is 0.941. The van der Waals surface area contributed by atoms with Crippen LogP contribution in [0, 0.1) is 0 Å². The van der Waals surface area contributed by atoms with Crippen molar-refractivity contribution in [2.75, 3.05) is 11.9 Å². The number of fused-ring (bicyclic) bond motifs is 1. The number of hydrogen-bond donors (Lipinski definition) is 1. The third kappa shape index (κ3) is 2.23. The van der Waals surface area contributed by atoms with Gasteiger partial charge in [0, 0.05) is 9.90 Å². The van der Waals surface area contributed by atoms with Crippen LogP contribution in [-0.2, 0) is 0 Å². The summed E-state index contributed by atoms with van der Waals surface area (Å²) in [5, 5.41) is 4.02. The number of benzene rings is 1. The molecule has 0 fully saturated rings. The van der Waals surface area contributed by atoms with Crippen LogP contribution in [0.5, 0.6) is 5.75 Å². The first-order valence-electron chi connectivity index (χ1n) is 5.18. The minimum absolute atomic E-state index is 0.0150. The molecule has 1 aromatic heterocycles. The van der Waals surface area contributed by atoms with Gasteiger partial charge in [-0.3, -0.25) is 0 Å². The lowest BCUT2D eigenvalue weighted by molar-refractivity contribution is 0.214. The van der Waals surface area contributed by atoms with Gasteiger partial charge in [-0.1, -0.05) is 23.2 Å². The first-order chi connectivity index (χ1) is 8.22. The van der Waals surface area contributed by atoms with Gasteiger partial charge in [-0.05, 0) is 30.3 Å². The summed E-state index contributed by atoms with van der Waals surface area (Å²) < 4.78 is 6.70. The predicted octanol–water partition coefficient (Wildman–Crippen LogP) is 4.60. The molecule has 0 saturated carbocycles. The molecule has 1 aliphatic heterocycles. The molecule has 0 saturated heterocycles. The van der Waals surface area contributed by atoms with Gasteiger partial charge in [0.2, 0.25) is 0 Å². The van der Waals surface area contributed by atoms with Gasteiger partial charge < -0.3 is 10.1 Å². The summed E-state index contributed by atoms with van der Waals surface area (Å²) in [6, 6.07) is 9.47. The Morgan fingerprint density at radius 2 is 2.12 bits per heavy atom. The fourth-order valence-electron chi connectivity index (χ4n) is 1.80. The zero-order valence-corrected chi connectivity index (χ0v) is 11.1. The summed E-state index contributed by atoms with van der Waals surface area (Å²) in [4.78, 5) is 1.13. The van der Waals surface area contributed by atoms with Gasteiger partial charge in [-0.25, -0.2) is 0 Å². The standard InChI is InChI=1S/C12H9Cl2NOS/c13-7-1-2-9-8(5-7)15-6-10(16-9)11-3-4-12(14)17-11/h1-5,10,15H,6H2. The van der Waals surface area contributed by atoms with Crippen LogP contribution >= 0.6 is 34.5 Å². The summed E-state index contributed by atoms with van der Waals surface area (Å²) in [7, 11) is 0. The summed E-state index contributed by atoms with van der Waals surface area (Å²) in [6.45, 7) is 0.726. The number of hydrogen-bond acceptors (Lipinski definition) is 3. The maximum absolute atomic E-state index is 5.93. The van der Waals surface area contributed by atoms with Crippen LogP contribution in [0.1, 0.15) is 11.0 Å². The molecule has 0 spiro atoms. The van der Waals surface area contributed by atoms with E-state index in [0.717, 1.165) is 27.2 Å². The predicted molar refractivity (Wildman–Crippen MR) is 72.6 cm³/mol. The average Bonchev–Trinajstić information content (AvgIpc) is 2.75. The van der Waals surface area contributed by atoms with Gasteiger partial charge in [-0.15, -0.1) is 11.3 Å². The van der Waals surface area contributed by atoms with E-state index in [1.54, 1.807) is 11.3 Å². The number of thiophene rings is 1. The SMILES string of the molecule is Clc1ccc2c(c1)NCC(c1ccc(Cl)s1)O2. The smallest absolute Gasteiger partial charge is 0.150 e. The quantitative estimate of drug-likeness (QED) is 0.827. The first kappa shape index (κ1) is 11.2. The van der Waals surface area contributed by atoms with E-state index in [4.69, 9.17) is 27.9 Å². The van der Waals surface area contributed by atoms with Gasteiger partial charge in [-0.2, -0.15) is 0 Å². The van der Waals surface area contributed by atoms with Crippen LogP contribution in [0.15, 0.2) is 30.3 Å². The first-order valence-corrected chi connectivity index (χ1v) is 6.75. The zero-order chi connectivity index (χ0) is 11.8. The van der Waals surface area contributed by atoms with E-state index in [0.29, 0.717) is 5.02 Å². The molecule has 1 aromatic carbocycles. The fraction of sp³-hybridized carbons (Fsp3) is 0.167. The Labute approximate surface area is 113 Å². The molecule has 2 heterocycles. The number of halogens is 2. The molecule has 5 heteroatoms. The third-order valence-electron chi connectivity index (χ3n) is 2.60. The van der Waals surface area contributed by atoms with Gasteiger partial charge in [0.05, 0.1) is 16.6 Å². The van der Waals surface area contributed by atoms with E-state index in [-0.39, 0.29) is 6.10 Å². The van der Waals surface area contributed by atoms with Crippen molar-refractivity contribution in [3.63, 3.8) is 0 Å². The van der Waals surface area contributed by atoms with Crippen molar-refractivity contribution in [1.82, 2.24) is 0 Å². The maximum Gasteiger partial charge on any atom is 0.150 e. The second kappa shape index (κ2) is 4.41. The van der Waals surface area contributed by atoms with Crippen molar-refractivity contribution in [2.45, 2.75) is 6.10 Å². The van der Waals surface area contributed by atoms with Gasteiger partial charge in [0.15, 0.2) is 6.10 Å². The van der Waals surface area contributed by atoms with Crippen molar-refractivity contribution in [1.29, 1.82) is 0 Å². The maximum atomic E-state index is 5.93. The molecule has 17 heavy (non-hydrogen) atoms. The van der Waals surface area contributed by atoms with Gasteiger partial charge >= 0.3 is 0 Å². The zero-order valence-electron chi connectivity index (χ0n) is 8.74. The highest BCUT2D eigenvalue weighted by Crippen LogP contribution is 2.38. The third-order valence-corrected chi connectivity index (χ3v) is 4.16. The van der Waals surface area contributed by atoms with Crippen molar-refractivity contribution in [3.05, 3.63) is 44.6 Å².